The largest absolute Gasteiger partial charge is 0.394 e. The molecule has 92 valence electrons. The number of aliphatic hydroxyl groups is 4. The average molecular weight is 233 g/mol. The maximum absolute atomic E-state index is 11.0. The maximum atomic E-state index is 11.0. The summed E-state index contributed by atoms with van der Waals surface area (Å²) < 4.78 is 4.82. The summed E-state index contributed by atoms with van der Waals surface area (Å²) in [7, 11) is 0. The van der Waals surface area contributed by atoms with Crippen LogP contribution in [0.15, 0.2) is 12.7 Å². The number of hydrogen-bond acceptors (Lipinski definition) is 6. The minimum Gasteiger partial charge on any atom is -0.394 e. The lowest BCUT2D eigenvalue weighted by atomic mass is 9.97. The van der Waals surface area contributed by atoms with Crippen molar-refractivity contribution in [2.24, 2.45) is 0 Å². The molecule has 0 aromatic rings. The number of amides is 1. The van der Waals surface area contributed by atoms with Gasteiger partial charge in [0.15, 0.2) is 6.29 Å². The topological polar surface area (TPSA) is 119 Å². The standard InChI is InChI=1S/C9H15NO6/c1-2-5(12)10-6-8(14)7(13)4(3-11)16-9(6)15/h2,4,6-9,11,13-15H,1,3H2,(H,10,12)/t4?,6?,7-,8?,9+/m1/s1. The van der Waals surface area contributed by atoms with Crippen LogP contribution in [0.25, 0.3) is 0 Å². The molecule has 0 aromatic heterocycles. The molecular formula is C9H15NO6. The number of hydrogen-bond donors (Lipinski definition) is 5. The van der Waals surface area contributed by atoms with E-state index >= 15 is 0 Å². The van der Waals surface area contributed by atoms with Crippen LogP contribution in [0.2, 0.25) is 0 Å². The molecule has 0 bridgehead atoms. The quantitative estimate of drug-likeness (QED) is 0.333. The fourth-order valence-electron chi connectivity index (χ4n) is 1.48. The van der Waals surface area contributed by atoms with Crippen molar-refractivity contribution in [1.29, 1.82) is 0 Å². The fraction of sp³-hybridized carbons (Fsp3) is 0.667. The summed E-state index contributed by atoms with van der Waals surface area (Å²) in [6.07, 6.45) is -4.43. The minimum atomic E-state index is -1.50. The smallest absolute Gasteiger partial charge is 0.243 e. The molecule has 1 aliphatic rings. The van der Waals surface area contributed by atoms with E-state index in [0.29, 0.717) is 0 Å². The number of ether oxygens (including phenoxy) is 1. The van der Waals surface area contributed by atoms with E-state index in [2.05, 4.69) is 11.9 Å². The van der Waals surface area contributed by atoms with Gasteiger partial charge < -0.3 is 30.5 Å². The zero-order valence-corrected chi connectivity index (χ0v) is 8.48. The van der Waals surface area contributed by atoms with E-state index in [1.165, 1.54) is 0 Å². The third-order valence-corrected chi connectivity index (χ3v) is 2.39. The molecule has 1 heterocycles. The van der Waals surface area contributed by atoms with Crippen LogP contribution in [0.5, 0.6) is 0 Å². The predicted molar refractivity (Wildman–Crippen MR) is 52.1 cm³/mol. The molecule has 16 heavy (non-hydrogen) atoms. The van der Waals surface area contributed by atoms with E-state index < -0.39 is 43.2 Å². The van der Waals surface area contributed by atoms with E-state index in [9.17, 15) is 20.1 Å². The van der Waals surface area contributed by atoms with Crippen LogP contribution in [0, 0.1) is 0 Å². The molecule has 1 aliphatic heterocycles. The Kier molecular flexibility index (Phi) is 4.39. The van der Waals surface area contributed by atoms with Crippen molar-refractivity contribution in [3.05, 3.63) is 12.7 Å². The number of carbonyl (C=O) groups excluding carboxylic acids is 1. The van der Waals surface area contributed by atoms with Gasteiger partial charge in [-0.15, -0.1) is 0 Å². The van der Waals surface area contributed by atoms with Crippen LogP contribution < -0.4 is 5.32 Å². The molecule has 1 amide bonds. The molecule has 0 saturated carbocycles. The van der Waals surface area contributed by atoms with Gasteiger partial charge in [0.2, 0.25) is 5.91 Å². The van der Waals surface area contributed by atoms with Gasteiger partial charge in [0, 0.05) is 0 Å². The summed E-state index contributed by atoms with van der Waals surface area (Å²) in [5.74, 6) is -0.610. The van der Waals surface area contributed by atoms with Gasteiger partial charge in [-0.2, -0.15) is 0 Å². The Hall–Kier alpha value is -0.990. The van der Waals surface area contributed by atoms with E-state index in [4.69, 9.17) is 9.84 Å². The highest BCUT2D eigenvalue weighted by Gasteiger charge is 2.43. The van der Waals surface area contributed by atoms with Crippen LogP contribution in [-0.4, -0.2) is 63.6 Å². The monoisotopic (exact) mass is 233 g/mol. The Morgan fingerprint density at radius 2 is 2.00 bits per heavy atom. The molecule has 0 spiro atoms. The third kappa shape index (κ3) is 2.57. The number of rotatable bonds is 3. The SMILES string of the molecule is C=CC(=O)NC1C(O)[C@H](O)C(CO)O[C@@H]1O. The molecule has 0 aliphatic carbocycles. The Bertz CT molecular complexity index is 271. The Morgan fingerprint density at radius 1 is 1.38 bits per heavy atom. The Balaban J connectivity index is 2.71. The van der Waals surface area contributed by atoms with Crippen LogP contribution in [0.3, 0.4) is 0 Å². The normalized spacial score (nSPS) is 39.1. The highest BCUT2D eigenvalue weighted by atomic mass is 16.6. The van der Waals surface area contributed by atoms with Gasteiger partial charge in [-0.1, -0.05) is 6.58 Å². The first-order valence-electron chi connectivity index (χ1n) is 4.74. The number of nitrogens with one attached hydrogen (secondary N) is 1. The van der Waals surface area contributed by atoms with Crippen molar-refractivity contribution < 1.29 is 30.0 Å². The van der Waals surface area contributed by atoms with Gasteiger partial charge in [-0.3, -0.25) is 4.79 Å². The first-order chi connectivity index (χ1) is 7.51. The van der Waals surface area contributed by atoms with Crippen molar-refractivity contribution in [3.63, 3.8) is 0 Å². The van der Waals surface area contributed by atoms with Gasteiger partial charge in [-0.25, -0.2) is 0 Å². The molecule has 5 atom stereocenters. The highest BCUT2D eigenvalue weighted by molar-refractivity contribution is 5.87. The third-order valence-electron chi connectivity index (χ3n) is 2.39. The zero-order valence-electron chi connectivity index (χ0n) is 8.48. The highest BCUT2D eigenvalue weighted by Crippen LogP contribution is 2.19. The second-order valence-electron chi connectivity index (χ2n) is 3.47. The number of aliphatic hydroxyl groups excluding tert-OH is 4. The minimum absolute atomic E-state index is 0.544. The molecule has 1 rings (SSSR count). The summed E-state index contributed by atoms with van der Waals surface area (Å²) in [6.45, 7) is 2.66. The first-order valence-corrected chi connectivity index (χ1v) is 4.74. The van der Waals surface area contributed by atoms with Gasteiger partial charge in [0.05, 0.1) is 6.61 Å². The lowest BCUT2D eigenvalue weighted by molar-refractivity contribution is -0.253. The van der Waals surface area contributed by atoms with Crippen molar-refractivity contribution in [1.82, 2.24) is 5.32 Å². The maximum Gasteiger partial charge on any atom is 0.243 e. The van der Waals surface area contributed by atoms with Gasteiger partial charge in [0.1, 0.15) is 24.4 Å². The molecule has 3 unspecified atom stereocenters. The van der Waals surface area contributed by atoms with Crippen LogP contribution in [-0.2, 0) is 9.53 Å². The van der Waals surface area contributed by atoms with E-state index in [0.717, 1.165) is 6.08 Å². The van der Waals surface area contributed by atoms with Crippen LogP contribution >= 0.6 is 0 Å². The second-order valence-corrected chi connectivity index (χ2v) is 3.47. The lowest BCUT2D eigenvalue weighted by Crippen LogP contribution is -2.64. The summed E-state index contributed by atoms with van der Waals surface area (Å²) in [6, 6.07) is -1.16. The van der Waals surface area contributed by atoms with E-state index in [-0.39, 0.29) is 0 Å². The van der Waals surface area contributed by atoms with Crippen molar-refractivity contribution >= 4 is 5.91 Å². The summed E-state index contributed by atoms with van der Waals surface area (Å²) >= 11 is 0. The first kappa shape index (κ1) is 13.1. The second kappa shape index (κ2) is 5.37. The molecule has 7 heteroatoms. The predicted octanol–water partition coefficient (Wildman–Crippen LogP) is -2.91. The van der Waals surface area contributed by atoms with E-state index in [1.807, 2.05) is 0 Å². The molecule has 0 radical (unpaired) electrons. The zero-order chi connectivity index (χ0) is 12.3. The molecule has 0 aromatic carbocycles. The number of carbonyl (C=O) groups is 1. The summed E-state index contributed by atoms with van der Waals surface area (Å²) in [5, 5.41) is 39.6. The molecule has 1 fully saturated rings. The van der Waals surface area contributed by atoms with Gasteiger partial charge in [0.25, 0.3) is 0 Å². The van der Waals surface area contributed by atoms with Gasteiger partial charge >= 0.3 is 0 Å². The lowest BCUT2D eigenvalue weighted by Gasteiger charge is -2.40. The molecule has 1 saturated heterocycles. The Labute approximate surface area is 92.0 Å². The molecule has 5 N–H and O–H groups in total. The fourth-order valence-corrected chi connectivity index (χ4v) is 1.48. The van der Waals surface area contributed by atoms with Crippen molar-refractivity contribution in [2.75, 3.05) is 6.61 Å². The molecule has 7 nitrogen and oxygen atoms in total. The summed E-state index contributed by atoms with van der Waals surface area (Å²) in [5.41, 5.74) is 0. The Morgan fingerprint density at radius 3 is 2.50 bits per heavy atom. The van der Waals surface area contributed by atoms with Crippen molar-refractivity contribution in [3.8, 4) is 0 Å². The van der Waals surface area contributed by atoms with Crippen LogP contribution in [0.1, 0.15) is 0 Å². The average Bonchev–Trinajstić information content (AvgIpc) is 2.28. The summed E-state index contributed by atoms with van der Waals surface area (Å²) in [4.78, 5) is 11.0. The molecular weight excluding hydrogens is 218 g/mol. The van der Waals surface area contributed by atoms with E-state index in [1.54, 1.807) is 0 Å². The van der Waals surface area contributed by atoms with Crippen LogP contribution in [0.4, 0.5) is 0 Å². The van der Waals surface area contributed by atoms with Crippen molar-refractivity contribution in [2.45, 2.75) is 30.6 Å². The van der Waals surface area contributed by atoms with Gasteiger partial charge in [-0.05, 0) is 6.08 Å².